The molecule has 1 nitrogen and oxygen atoms in total. The Balaban J connectivity index is 1.94. The van der Waals surface area contributed by atoms with E-state index in [9.17, 15) is 0 Å². The van der Waals surface area contributed by atoms with Crippen molar-refractivity contribution in [3.63, 3.8) is 0 Å². The van der Waals surface area contributed by atoms with Gasteiger partial charge in [0.2, 0.25) is 0 Å². The number of thioether (sulfide) groups is 1. The summed E-state index contributed by atoms with van der Waals surface area (Å²) < 4.78 is 0. The monoisotopic (exact) mass is 157 g/mol. The average molecular weight is 157 g/mol. The van der Waals surface area contributed by atoms with Gasteiger partial charge in [-0.25, -0.2) is 0 Å². The highest BCUT2D eigenvalue weighted by molar-refractivity contribution is 8.00. The lowest BCUT2D eigenvalue weighted by Crippen LogP contribution is -2.42. The maximum atomic E-state index is 3.60. The second-order valence-electron chi connectivity index (χ2n) is 3.34. The van der Waals surface area contributed by atoms with Gasteiger partial charge in [0.1, 0.15) is 0 Å². The zero-order valence-corrected chi connectivity index (χ0v) is 7.12. The minimum absolute atomic E-state index is 0.849. The molecule has 2 atom stereocenters. The third-order valence-corrected chi connectivity index (χ3v) is 3.96. The maximum absolute atomic E-state index is 3.60. The van der Waals surface area contributed by atoms with Crippen molar-refractivity contribution < 1.29 is 0 Å². The molecule has 0 aliphatic carbocycles. The van der Waals surface area contributed by atoms with Gasteiger partial charge in [-0.05, 0) is 12.8 Å². The van der Waals surface area contributed by atoms with Crippen LogP contribution in [0.5, 0.6) is 0 Å². The second kappa shape index (κ2) is 3.14. The van der Waals surface area contributed by atoms with Crippen LogP contribution in [0, 0.1) is 0 Å². The molecule has 0 aromatic heterocycles. The molecule has 2 bridgehead atoms. The molecule has 3 rings (SSSR count). The van der Waals surface area contributed by atoms with E-state index in [-0.39, 0.29) is 0 Å². The van der Waals surface area contributed by atoms with Gasteiger partial charge in [0.05, 0.1) is 0 Å². The molecule has 3 aliphatic heterocycles. The first-order valence-electron chi connectivity index (χ1n) is 4.30. The van der Waals surface area contributed by atoms with Crippen molar-refractivity contribution >= 4 is 11.8 Å². The van der Waals surface area contributed by atoms with Crippen molar-refractivity contribution in [1.29, 1.82) is 0 Å². The minimum atomic E-state index is 0.849. The molecule has 0 aromatic rings. The fourth-order valence-electron chi connectivity index (χ4n) is 1.80. The summed E-state index contributed by atoms with van der Waals surface area (Å²) in [5.41, 5.74) is 0. The van der Waals surface area contributed by atoms with E-state index in [1.165, 1.54) is 38.0 Å². The van der Waals surface area contributed by atoms with E-state index in [1.807, 2.05) is 0 Å². The largest absolute Gasteiger partial charge is 0.312 e. The van der Waals surface area contributed by atoms with Gasteiger partial charge in [-0.15, -0.1) is 0 Å². The molecule has 3 aliphatic rings. The lowest BCUT2D eigenvalue weighted by molar-refractivity contribution is 0.433. The fourth-order valence-corrected chi connectivity index (χ4v) is 3.14. The highest BCUT2D eigenvalue weighted by Gasteiger charge is 2.22. The predicted molar refractivity (Wildman–Crippen MR) is 46.5 cm³/mol. The van der Waals surface area contributed by atoms with Gasteiger partial charge in [-0.3, -0.25) is 0 Å². The first-order valence-corrected chi connectivity index (χ1v) is 5.35. The van der Waals surface area contributed by atoms with E-state index in [1.54, 1.807) is 0 Å². The van der Waals surface area contributed by atoms with Gasteiger partial charge >= 0.3 is 0 Å². The van der Waals surface area contributed by atoms with E-state index < -0.39 is 0 Å². The third-order valence-electron chi connectivity index (χ3n) is 2.50. The van der Waals surface area contributed by atoms with E-state index in [4.69, 9.17) is 0 Å². The second-order valence-corrected chi connectivity index (χ2v) is 4.68. The van der Waals surface area contributed by atoms with Crippen LogP contribution in [0.4, 0.5) is 0 Å². The molecule has 10 heavy (non-hydrogen) atoms. The SMILES string of the molecule is C1CCC2CNC(C1)CS2. The molecule has 0 saturated carbocycles. The van der Waals surface area contributed by atoms with Crippen LogP contribution in [0.25, 0.3) is 0 Å². The molecule has 2 unspecified atom stereocenters. The van der Waals surface area contributed by atoms with Crippen molar-refractivity contribution in [2.75, 3.05) is 12.3 Å². The van der Waals surface area contributed by atoms with Gasteiger partial charge in [0.25, 0.3) is 0 Å². The first kappa shape index (κ1) is 6.99. The number of nitrogens with one attached hydrogen (secondary N) is 1. The molecule has 3 saturated heterocycles. The Hall–Kier alpha value is 0.310. The van der Waals surface area contributed by atoms with E-state index in [2.05, 4.69) is 17.1 Å². The summed E-state index contributed by atoms with van der Waals surface area (Å²) in [4.78, 5) is 0. The average Bonchev–Trinajstić information content (AvgIpc) is 1.89. The normalized spacial score (nSPS) is 40.8. The van der Waals surface area contributed by atoms with Crippen LogP contribution < -0.4 is 5.32 Å². The first-order chi connectivity index (χ1) is 4.95. The van der Waals surface area contributed by atoms with Gasteiger partial charge in [0.15, 0.2) is 0 Å². The molecule has 0 aromatic carbocycles. The summed E-state index contributed by atoms with van der Waals surface area (Å²) in [6.45, 7) is 1.27. The fraction of sp³-hybridized carbons (Fsp3) is 1.00. The van der Waals surface area contributed by atoms with Crippen LogP contribution in [0.1, 0.15) is 25.7 Å². The molecule has 3 fully saturated rings. The van der Waals surface area contributed by atoms with Crippen molar-refractivity contribution in [2.24, 2.45) is 0 Å². The Bertz CT molecular complexity index is 88.3. The van der Waals surface area contributed by atoms with Gasteiger partial charge in [0, 0.05) is 23.6 Å². The molecular weight excluding hydrogens is 142 g/mol. The Labute approximate surface area is 67.0 Å². The van der Waals surface area contributed by atoms with E-state index >= 15 is 0 Å². The molecule has 58 valence electrons. The van der Waals surface area contributed by atoms with Crippen molar-refractivity contribution in [2.45, 2.75) is 37.0 Å². The lowest BCUT2D eigenvalue weighted by atomic mass is 10.0. The highest BCUT2D eigenvalue weighted by atomic mass is 32.2. The van der Waals surface area contributed by atoms with Crippen molar-refractivity contribution in [1.82, 2.24) is 5.32 Å². The standard InChI is InChI=1S/C8H15NS/c1-2-4-8-5-9-7(3-1)6-10-8/h7-9H,1-6H2. The molecule has 0 radical (unpaired) electrons. The summed E-state index contributed by atoms with van der Waals surface area (Å²) in [6, 6.07) is 0.849. The van der Waals surface area contributed by atoms with Crippen molar-refractivity contribution in [3.05, 3.63) is 0 Å². The summed E-state index contributed by atoms with van der Waals surface area (Å²) in [7, 11) is 0. The third kappa shape index (κ3) is 1.48. The van der Waals surface area contributed by atoms with Crippen LogP contribution >= 0.6 is 11.8 Å². The topological polar surface area (TPSA) is 12.0 Å². The highest BCUT2D eigenvalue weighted by Crippen LogP contribution is 2.26. The summed E-state index contributed by atoms with van der Waals surface area (Å²) in [5, 5.41) is 4.54. The lowest BCUT2D eigenvalue weighted by Gasteiger charge is -2.32. The Kier molecular flexibility index (Phi) is 2.19. The molecule has 0 spiro atoms. The smallest absolute Gasteiger partial charge is 0.0173 e. The van der Waals surface area contributed by atoms with E-state index in [0.29, 0.717) is 0 Å². The molecule has 0 amide bonds. The Morgan fingerprint density at radius 2 is 2.10 bits per heavy atom. The zero-order valence-electron chi connectivity index (χ0n) is 6.31. The quantitative estimate of drug-likeness (QED) is 0.573. The van der Waals surface area contributed by atoms with Crippen LogP contribution in [0.3, 0.4) is 0 Å². The van der Waals surface area contributed by atoms with Crippen LogP contribution in [0.15, 0.2) is 0 Å². The Morgan fingerprint density at radius 3 is 2.90 bits per heavy atom. The zero-order chi connectivity index (χ0) is 6.81. The van der Waals surface area contributed by atoms with Gasteiger partial charge in [-0.2, -0.15) is 11.8 Å². The van der Waals surface area contributed by atoms with Gasteiger partial charge < -0.3 is 5.32 Å². The van der Waals surface area contributed by atoms with Crippen molar-refractivity contribution in [3.8, 4) is 0 Å². The molecular formula is C8H15NS. The molecule has 3 heterocycles. The molecule has 1 N–H and O–H groups in total. The number of fused-ring (bicyclic) bond motifs is 5. The summed E-state index contributed by atoms with van der Waals surface area (Å²) in [6.07, 6.45) is 5.79. The van der Waals surface area contributed by atoms with E-state index in [0.717, 1.165) is 11.3 Å². The minimum Gasteiger partial charge on any atom is -0.312 e. The predicted octanol–water partition coefficient (Wildman–Crippen LogP) is 1.63. The van der Waals surface area contributed by atoms with Gasteiger partial charge in [-0.1, -0.05) is 12.8 Å². The van der Waals surface area contributed by atoms with Crippen LogP contribution in [-0.2, 0) is 0 Å². The van der Waals surface area contributed by atoms with Crippen LogP contribution in [-0.4, -0.2) is 23.6 Å². The number of hydrogen-bond acceptors (Lipinski definition) is 2. The molecule has 2 heteroatoms. The van der Waals surface area contributed by atoms with Crippen LogP contribution in [0.2, 0.25) is 0 Å². The number of hydrogen-bond donors (Lipinski definition) is 1. The summed E-state index contributed by atoms with van der Waals surface area (Å²) in [5.74, 6) is 1.37. The maximum Gasteiger partial charge on any atom is 0.0173 e. The Morgan fingerprint density at radius 1 is 1.20 bits per heavy atom. The number of rotatable bonds is 0. The summed E-state index contributed by atoms with van der Waals surface area (Å²) >= 11 is 2.18.